The second-order valence-corrected chi connectivity index (χ2v) is 8.17. The molecule has 1 aromatic heterocycles. The van der Waals surface area contributed by atoms with Crippen LogP contribution in [0.2, 0.25) is 0 Å². The third-order valence-corrected chi connectivity index (χ3v) is 5.11. The van der Waals surface area contributed by atoms with Crippen LogP contribution in [0.3, 0.4) is 0 Å². The highest BCUT2D eigenvalue weighted by molar-refractivity contribution is 7.90. The average Bonchev–Trinajstić information content (AvgIpc) is 2.60. The number of benzene rings is 2. The SMILES string of the molecule is C[C@H](Nc1ncnc2ccc(S(C)(=O)=O)cc12)c1ccc(OC(F)(F)F)cc1. The molecule has 3 aromatic rings. The summed E-state index contributed by atoms with van der Waals surface area (Å²) in [6.45, 7) is 1.80. The summed E-state index contributed by atoms with van der Waals surface area (Å²) in [6, 6.07) is 9.68. The van der Waals surface area contributed by atoms with Crippen LogP contribution in [-0.4, -0.2) is 31.0 Å². The van der Waals surface area contributed by atoms with Crippen LogP contribution >= 0.6 is 0 Å². The van der Waals surface area contributed by atoms with Crippen molar-refractivity contribution in [2.75, 3.05) is 11.6 Å². The molecule has 0 amide bonds. The Hall–Kier alpha value is -2.88. The molecule has 0 saturated carbocycles. The number of alkyl halides is 3. The number of nitrogens with one attached hydrogen (secondary N) is 1. The van der Waals surface area contributed by atoms with Gasteiger partial charge in [0.15, 0.2) is 9.84 Å². The van der Waals surface area contributed by atoms with Crippen molar-refractivity contribution < 1.29 is 26.3 Å². The Morgan fingerprint density at radius 3 is 2.36 bits per heavy atom. The first-order chi connectivity index (χ1) is 13.0. The minimum atomic E-state index is -4.75. The smallest absolute Gasteiger partial charge is 0.406 e. The van der Waals surface area contributed by atoms with Crippen molar-refractivity contribution in [3.05, 3.63) is 54.4 Å². The van der Waals surface area contributed by atoms with Gasteiger partial charge in [-0.05, 0) is 42.8 Å². The van der Waals surface area contributed by atoms with Crippen molar-refractivity contribution >= 4 is 26.6 Å². The second kappa shape index (κ2) is 7.27. The summed E-state index contributed by atoms with van der Waals surface area (Å²) in [7, 11) is -3.40. The Morgan fingerprint density at radius 1 is 1.07 bits per heavy atom. The van der Waals surface area contributed by atoms with E-state index in [0.717, 1.165) is 6.26 Å². The van der Waals surface area contributed by atoms with E-state index in [1.54, 1.807) is 13.0 Å². The van der Waals surface area contributed by atoms with Crippen LogP contribution in [0.25, 0.3) is 10.9 Å². The summed E-state index contributed by atoms with van der Waals surface area (Å²) < 4.78 is 64.3. The molecule has 10 heteroatoms. The quantitative estimate of drug-likeness (QED) is 0.681. The minimum Gasteiger partial charge on any atom is -0.406 e. The molecule has 2 aromatic carbocycles. The Morgan fingerprint density at radius 2 is 1.75 bits per heavy atom. The zero-order valence-electron chi connectivity index (χ0n) is 14.9. The van der Waals surface area contributed by atoms with E-state index in [2.05, 4.69) is 20.0 Å². The van der Waals surface area contributed by atoms with Crippen molar-refractivity contribution in [2.24, 2.45) is 0 Å². The number of nitrogens with zero attached hydrogens (tertiary/aromatic N) is 2. The van der Waals surface area contributed by atoms with Crippen LogP contribution in [-0.2, 0) is 9.84 Å². The Balaban J connectivity index is 1.87. The molecule has 1 heterocycles. The number of aromatic nitrogens is 2. The van der Waals surface area contributed by atoms with Gasteiger partial charge in [0.1, 0.15) is 17.9 Å². The van der Waals surface area contributed by atoms with Gasteiger partial charge in [0.2, 0.25) is 0 Å². The lowest BCUT2D eigenvalue weighted by atomic mass is 10.1. The normalized spacial score (nSPS) is 13.3. The van der Waals surface area contributed by atoms with Crippen molar-refractivity contribution in [2.45, 2.75) is 24.2 Å². The van der Waals surface area contributed by atoms with E-state index in [4.69, 9.17) is 0 Å². The molecular formula is C18H16F3N3O3S. The first-order valence-corrected chi connectivity index (χ1v) is 9.99. The molecule has 0 aliphatic rings. The number of ether oxygens (including phenoxy) is 1. The summed E-state index contributed by atoms with van der Waals surface area (Å²) in [5, 5.41) is 3.66. The van der Waals surface area contributed by atoms with E-state index in [0.29, 0.717) is 22.3 Å². The molecular weight excluding hydrogens is 395 g/mol. The van der Waals surface area contributed by atoms with Crippen LogP contribution in [0.15, 0.2) is 53.7 Å². The molecule has 0 aliphatic heterocycles. The maximum absolute atomic E-state index is 12.3. The fourth-order valence-electron chi connectivity index (χ4n) is 2.63. The van der Waals surface area contributed by atoms with Gasteiger partial charge in [0.25, 0.3) is 0 Å². The number of fused-ring (bicyclic) bond motifs is 1. The molecule has 0 spiro atoms. The average molecular weight is 411 g/mol. The number of sulfone groups is 1. The maximum atomic E-state index is 12.3. The summed E-state index contributed by atoms with van der Waals surface area (Å²) in [5.74, 6) is 0.104. The van der Waals surface area contributed by atoms with E-state index in [1.807, 2.05) is 0 Å². The fraction of sp³-hybridized carbons (Fsp3) is 0.222. The summed E-state index contributed by atoms with van der Waals surface area (Å²) in [5.41, 5.74) is 1.26. The number of anilines is 1. The Bertz CT molecular complexity index is 1100. The van der Waals surface area contributed by atoms with Gasteiger partial charge in [-0.2, -0.15) is 0 Å². The minimum absolute atomic E-state index is 0.138. The predicted molar refractivity (Wildman–Crippen MR) is 97.8 cm³/mol. The van der Waals surface area contributed by atoms with E-state index in [9.17, 15) is 21.6 Å². The van der Waals surface area contributed by atoms with Gasteiger partial charge >= 0.3 is 6.36 Å². The molecule has 0 saturated heterocycles. The standard InChI is InChI=1S/C18H16F3N3O3S/c1-11(12-3-5-13(6-4-12)27-18(19,20)21)24-17-15-9-14(28(2,25)26)7-8-16(15)22-10-23-17/h3-11H,1-2H3,(H,22,23,24)/t11-/m0/s1. The molecule has 0 fully saturated rings. The lowest BCUT2D eigenvalue weighted by molar-refractivity contribution is -0.274. The largest absolute Gasteiger partial charge is 0.573 e. The summed E-state index contributed by atoms with van der Waals surface area (Å²) in [4.78, 5) is 8.43. The van der Waals surface area contributed by atoms with Crippen LogP contribution in [0.4, 0.5) is 19.0 Å². The van der Waals surface area contributed by atoms with Crippen LogP contribution in [0.5, 0.6) is 5.75 Å². The molecule has 6 nitrogen and oxygen atoms in total. The fourth-order valence-corrected chi connectivity index (χ4v) is 3.28. The van der Waals surface area contributed by atoms with Crippen molar-refractivity contribution in [1.29, 1.82) is 0 Å². The molecule has 1 N–H and O–H groups in total. The third-order valence-electron chi connectivity index (χ3n) is 4.00. The van der Waals surface area contributed by atoms with Crippen molar-refractivity contribution in [1.82, 2.24) is 9.97 Å². The maximum Gasteiger partial charge on any atom is 0.573 e. The Labute approximate surface area is 159 Å². The van der Waals surface area contributed by atoms with Crippen LogP contribution in [0.1, 0.15) is 18.5 Å². The van der Waals surface area contributed by atoms with E-state index < -0.39 is 16.2 Å². The van der Waals surface area contributed by atoms with E-state index in [-0.39, 0.29) is 16.7 Å². The van der Waals surface area contributed by atoms with E-state index in [1.165, 1.54) is 42.7 Å². The van der Waals surface area contributed by atoms with Crippen LogP contribution in [0, 0.1) is 0 Å². The lowest BCUT2D eigenvalue weighted by Crippen LogP contribution is -2.17. The molecule has 3 rings (SSSR count). The number of rotatable bonds is 5. The van der Waals surface area contributed by atoms with Gasteiger partial charge in [-0.25, -0.2) is 18.4 Å². The third kappa shape index (κ3) is 4.69. The molecule has 0 bridgehead atoms. The summed E-state index contributed by atoms with van der Waals surface area (Å²) in [6.07, 6.45) is -2.29. The van der Waals surface area contributed by atoms with Gasteiger partial charge < -0.3 is 10.1 Å². The van der Waals surface area contributed by atoms with Gasteiger partial charge in [0.05, 0.1) is 10.4 Å². The van der Waals surface area contributed by atoms with Crippen LogP contribution < -0.4 is 10.1 Å². The molecule has 28 heavy (non-hydrogen) atoms. The van der Waals surface area contributed by atoms with Crippen molar-refractivity contribution in [3.8, 4) is 5.75 Å². The van der Waals surface area contributed by atoms with Gasteiger partial charge in [-0.1, -0.05) is 12.1 Å². The topological polar surface area (TPSA) is 81.2 Å². The zero-order chi connectivity index (χ0) is 20.5. The molecule has 0 unspecified atom stereocenters. The first kappa shape index (κ1) is 19.9. The molecule has 148 valence electrons. The number of halogens is 3. The molecule has 0 radical (unpaired) electrons. The predicted octanol–water partition coefficient (Wildman–Crippen LogP) is 4.11. The highest BCUT2D eigenvalue weighted by Gasteiger charge is 2.31. The highest BCUT2D eigenvalue weighted by Crippen LogP contribution is 2.28. The molecule has 1 atom stereocenters. The van der Waals surface area contributed by atoms with Crippen molar-refractivity contribution in [3.63, 3.8) is 0 Å². The zero-order valence-corrected chi connectivity index (χ0v) is 15.7. The number of hydrogen-bond donors (Lipinski definition) is 1. The number of hydrogen-bond acceptors (Lipinski definition) is 6. The van der Waals surface area contributed by atoms with Gasteiger partial charge in [-0.3, -0.25) is 0 Å². The van der Waals surface area contributed by atoms with Gasteiger partial charge in [-0.15, -0.1) is 13.2 Å². The molecule has 0 aliphatic carbocycles. The second-order valence-electron chi connectivity index (χ2n) is 6.16. The first-order valence-electron chi connectivity index (χ1n) is 8.10. The van der Waals surface area contributed by atoms with E-state index >= 15 is 0 Å². The highest BCUT2D eigenvalue weighted by atomic mass is 32.2. The van der Waals surface area contributed by atoms with Gasteiger partial charge in [0, 0.05) is 17.7 Å². The summed E-state index contributed by atoms with van der Waals surface area (Å²) >= 11 is 0. The lowest BCUT2D eigenvalue weighted by Gasteiger charge is -2.17. The monoisotopic (exact) mass is 411 g/mol. The Kier molecular flexibility index (Phi) is 5.16.